The van der Waals surface area contributed by atoms with E-state index in [4.69, 9.17) is 4.74 Å². The first-order valence-electron chi connectivity index (χ1n) is 10.1. The van der Waals surface area contributed by atoms with E-state index in [1.165, 1.54) is 18.2 Å². The van der Waals surface area contributed by atoms with Gasteiger partial charge in [-0.3, -0.25) is 4.79 Å². The van der Waals surface area contributed by atoms with Crippen molar-refractivity contribution in [1.82, 2.24) is 0 Å². The fourth-order valence-corrected chi connectivity index (χ4v) is 3.24. The maximum atomic E-state index is 12.5. The van der Waals surface area contributed by atoms with Crippen molar-refractivity contribution in [2.24, 2.45) is 0 Å². The first-order chi connectivity index (χ1) is 15.6. The largest absolute Gasteiger partial charge is 0.508 e. The third-order valence-corrected chi connectivity index (χ3v) is 4.90. The highest BCUT2D eigenvalue weighted by Crippen LogP contribution is 2.29. The van der Waals surface area contributed by atoms with Gasteiger partial charge in [-0.15, -0.1) is 0 Å². The van der Waals surface area contributed by atoms with Crippen LogP contribution in [0.5, 0.6) is 11.5 Å². The highest BCUT2D eigenvalue weighted by Gasteiger charge is 2.10. The molecule has 0 aliphatic rings. The molecule has 4 nitrogen and oxygen atoms in total. The number of hydrogen-bond acceptors (Lipinski definition) is 4. The van der Waals surface area contributed by atoms with Crippen molar-refractivity contribution in [3.63, 3.8) is 0 Å². The summed E-state index contributed by atoms with van der Waals surface area (Å²) in [6.45, 7) is 0. The number of esters is 1. The number of hydrogen-bond donors (Lipinski definition) is 1. The average molecular weight is 420 g/mol. The Morgan fingerprint density at radius 3 is 1.97 bits per heavy atom. The molecule has 0 unspecified atom stereocenters. The van der Waals surface area contributed by atoms with Crippen LogP contribution in [0.2, 0.25) is 0 Å². The van der Waals surface area contributed by atoms with Crippen LogP contribution in [-0.2, 0) is 4.79 Å². The van der Waals surface area contributed by atoms with Gasteiger partial charge < -0.3 is 9.84 Å². The van der Waals surface area contributed by atoms with Crippen molar-refractivity contribution >= 4 is 17.8 Å². The number of carbonyl (C=O) groups is 2. The van der Waals surface area contributed by atoms with Crippen LogP contribution in [0, 0.1) is 0 Å². The molecule has 0 spiro atoms. The molecule has 4 rings (SSSR count). The fourth-order valence-electron chi connectivity index (χ4n) is 3.24. The van der Waals surface area contributed by atoms with Gasteiger partial charge in [-0.25, -0.2) is 4.79 Å². The molecule has 0 bridgehead atoms. The van der Waals surface area contributed by atoms with Crippen LogP contribution in [-0.4, -0.2) is 16.9 Å². The van der Waals surface area contributed by atoms with Gasteiger partial charge in [0.25, 0.3) is 0 Å². The topological polar surface area (TPSA) is 63.6 Å². The molecule has 0 heterocycles. The van der Waals surface area contributed by atoms with Crippen molar-refractivity contribution in [3.8, 4) is 22.6 Å². The van der Waals surface area contributed by atoms with E-state index >= 15 is 0 Å². The average Bonchev–Trinajstić information content (AvgIpc) is 2.84. The maximum Gasteiger partial charge on any atom is 0.336 e. The minimum absolute atomic E-state index is 0.111. The number of ether oxygens (including phenoxy) is 1. The normalized spacial score (nSPS) is 10.8. The smallest absolute Gasteiger partial charge is 0.336 e. The molecule has 0 aliphatic heterocycles. The molecular weight excluding hydrogens is 400 g/mol. The van der Waals surface area contributed by atoms with Crippen LogP contribution in [0.3, 0.4) is 0 Å². The zero-order valence-electron chi connectivity index (χ0n) is 17.1. The van der Waals surface area contributed by atoms with Gasteiger partial charge in [0.15, 0.2) is 5.78 Å². The lowest BCUT2D eigenvalue weighted by atomic mass is 10.0. The Morgan fingerprint density at radius 1 is 0.688 bits per heavy atom. The Balaban J connectivity index is 1.44. The summed E-state index contributed by atoms with van der Waals surface area (Å²) >= 11 is 0. The Kier molecular flexibility index (Phi) is 6.23. The number of benzene rings is 4. The molecule has 4 aromatic carbocycles. The van der Waals surface area contributed by atoms with Crippen molar-refractivity contribution < 1.29 is 19.4 Å². The number of para-hydroxylation sites is 1. The standard InChI is InChI=1S/C28H20O4/c29-24-17-15-23(16-18-24)28(31)22-13-10-20(11-14-22)12-19-27(30)32-26-9-5-4-8-25(26)21-6-2-1-3-7-21/h1-19,29H. The van der Waals surface area contributed by atoms with Gasteiger partial charge in [0.2, 0.25) is 0 Å². The predicted molar refractivity (Wildman–Crippen MR) is 125 cm³/mol. The summed E-state index contributed by atoms with van der Waals surface area (Å²) in [6, 6.07) is 30.1. The molecule has 1 N–H and O–H groups in total. The number of ketones is 1. The van der Waals surface area contributed by atoms with E-state index in [1.807, 2.05) is 48.5 Å². The molecule has 0 saturated carbocycles. The zero-order chi connectivity index (χ0) is 22.3. The molecule has 0 fully saturated rings. The monoisotopic (exact) mass is 420 g/mol. The summed E-state index contributed by atoms with van der Waals surface area (Å²) in [5, 5.41) is 9.36. The molecule has 32 heavy (non-hydrogen) atoms. The minimum atomic E-state index is -0.488. The first-order valence-corrected chi connectivity index (χ1v) is 10.1. The van der Waals surface area contributed by atoms with Crippen LogP contribution in [0.25, 0.3) is 17.2 Å². The number of phenols is 1. The highest BCUT2D eigenvalue weighted by molar-refractivity contribution is 6.09. The van der Waals surface area contributed by atoms with Crippen LogP contribution < -0.4 is 4.74 Å². The second-order valence-corrected chi connectivity index (χ2v) is 7.11. The predicted octanol–water partition coefficient (Wildman–Crippen LogP) is 5.91. The number of rotatable bonds is 6. The Hall–Kier alpha value is -4.44. The van der Waals surface area contributed by atoms with E-state index in [1.54, 1.807) is 48.5 Å². The van der Waals surface area contributed by atoms with Crippen LogP contribution in [0.1, 0.15) is 21.5 Å². The lowest BCUT2D eigenvalue weighted by Gasteiger charge is -2.08. The molecule has 156 valence electrons. The third-order valence-electron chi connectivity index (χ3n) is 4.90. The first kappa shape index (κ1) is 20.8. The number of phenolic OH excluding ortho intramolecular Hbond substituents is 1. The quantitative estimate of drug-likeness (QED) is 0.182. The van der Waals surface area contributed by atoms with Gasteiger partial charge in [-0.2, -0.15) is 0 Å². The lowest BCUT2D eigenvalue weighted by molar-refractivity contribution is -0.128. The fraction of sp³-hybridized carbons (Fsp3) is 0. The van der Waals surface area contributed by atoms with E-state index < -0.39 is 5.97 Å². The molecule has 0 aliphatic carbocycles. The second-order valence-electron chi connectivity index (χ2n) is 7.11. The summed E-state index contributed by atoms with van der Waals surface area (Å²) in [5.74, 6) is -0.0291. The van der Waals surface area contributed by atoms with Crippen LogP contribution in [0.4, 0.5) is 0 Å². The van der Waals surface area contributed by atoms with Crippen LogP contribution >= 0.6 is 0 Å². The van der Waals surface area contributed by atoms with Crippen molar-refractivity contribution in [3.05, 3.63) is 126 Å². The summed E-state index contributed by atoms with van der Waals surface area (Å²) in [6.07, 6.45) is 3.00. The Bertz CT molecular complexity index is 1260. The summed E-state index contributed by atoms with van der Waals surface area (Å²) in [4.78, 5) is 24.9. The van der Waals surface area contributed by atoms with Crippen molar-refractivity contribution in [2.75, 3.05) is 0 Å². The highest BCUT2D eigenvalue weighted by atomic mass is 16.5. The third kappa shape index (κ3) is 4.99. The zero-order valence-corrected chi connectivity index (χ0v) is 17.1. The summed E-state index contributed by atoms with van der Waals surface area (Å²) < 4.78 is 5.55. The van der Waals surface area contributed by atoms with E-state index in [2.05, 4.69) is 0 Å². The van der Waals surface area contributed by atoms with Gasteiger partial charge in [-0.05, 0) is 47.5 Å². The van der Waals surface area contributed by atoms with Gasteiger partial charge >= 0.3 is 5.97 Å². The summed E-state index contributed by atoms with van der Waals surface area (Å²) in [7, 11) is 0. The van der Waals surface area contributed by atoms with Gasteiger partial charge in [0, 0.05) is 22.8 Å². The van der Waals surface area contributed by atoms with Gasteiger partial charge in [0.05, 0.1) is 0 Å². The molecule has 4 heteroatoms. The minimum Gasteiger partial charge on any atom is -0.508 e. The van der Waals surface area contributed by atoms with Gasteiger partial charge in [0.1, 0.15) is 11.5 Å². The SMILES string of the molecule is O=C(C=Cc1ccc(C(=O)c2ccc(O)cc2)cc1)Oc1ccccc1-c1ccccc1. The molecule has 0 aromatic heterocycles. The van der Waals surface area contributed by atoms with Crippen molar-refractivity contribution in [1.29, 1.82) is 0 Å². The molecule has 0 saturated heterocycles. The van der Waals surface area contributed by atoms with E-state index in [-0.39, 0.29) is 11.5 Å². The summed E-state index contributed by atoms with van der Waals surface area (Å²) in [5.41, 5.74) is 3.58. The maximum absolute atomic E-state index is 12.5. The van der Waals surface area contributed by atoms with Crippen LogP contribution in [0.15, 0.2) is 109 Å². The van der Waals surface area contributed by atoms with Crippen molar-refractivity contribution in [2.45, 2.75) is 0 Å². The van der Waals surface area contributed by atoms with E-state index in [0.717, 1.165) is 16.7 Å². The molecule has 0 atom stereocenters. The Labute approximate surface area is 186 Å². The Morgan fingerprint density at radius 2 is 1.28 bits per heavy atom. The molecular formula is C28H20O4. The van der Waals surface area contributed by atoms with E-state index in [0.29, 0.717) is 16.9 Å². The molecule has 4 aromatic rings. The van der Waals surface area contributed by atoms with Gasteiger partial charge in [-0.1, -0.05) is 72.8 Å². The second kappa shape index (κ2) is 9.58. The molecule has 0 amide bonds. The number of aromatic hydroxyl groups is 1. The lowest BCUT2D eigenvalue weighted by Crippen LogP contribution is -2.04. The van der Waals surface area contributed by atoms with E-state index in [9.17, 15) is 14.7 Å². The number of carbonyl (C=O) groups excluding carboxylic acids is 2. The molecule has 0 radical (unpaired) electrons.